The van der Waals surface area contributed by atoms with Gasteiger partial charge in [-0.15, -0.1) is 0 Å². The molecule has 0 radical (unpaired) electrons. The van der Waals surface area contributed by atoms with Crippen molar-refractivity contribution in [3.63, 3.8) is 0 Å². The second kappa shape index (κ2) is 4.81. The van der Waals surface area contributed by atoms with Crippen LogP contribution in [0.4, 0.5) is 0 Å². The third-order valence-corrected chi connectivity index (χ3v) is 4.67. The minimum atomic E-state index is -0.483. The smallest absolute Gasteiger partial charge is 0.108 e. The summed E-state index contributed by atoms with van der Waals surface area (Å²) < 4.78 is 2.04. The maximum absolute atomic E-state index is 10.8. The van der Waals surface area contributed by atoms with E-state index in [1.54, 1.807) is 0 Å². The standard InChI is InChI=1S/C14H24N2O/c1-11-5-4-7-14(17,12(11)2)8-6-13-15-9-10-16(13)3/h9-12,17H,4-8H2,1-3H3. The molecule has 1 N–H and O–H groups in total. The van der Waals surface area contributed by atoms with E-state index in [9.17, 15) is 5.11 Å². The van der Waals surface area contributed by atoms with Crippen molar-refractivity contribution in [2.75, 3.05) is 0 Å². The quantitative estimate of drug-likeness (QED) is 0.875. The summed E-state index contributed by atoms with van der Waals surface area (Å²) in [7, 11) is 2.01. The Morgan fingerprint density at radius 1 is 1.53 bits per heavy atom. The minimum absolute atomic E-state index is 0.400. The van der Waals surface area contributed by atoms with E-state index < -0.39 is 5.60 Å². The molecule has 3 nitrogen and oxygen atoms in total. The van der Waals surface area contributed by atoms with E-state index >= 15 is 0 Å². The molecule has 1 saturated carbocycles. The number of hydrogen-bond donors (Lipinski definition) is 1. The summed E-state index contributed by atoms with van der Waals surface area (Å²) in [6.07, 6.45) is 8.86. The molecule has 0 amide bonds. The number of hydrogen-bond acceptors (Lipinski definition) is 2. The number of nitrogens with zero attached hydrogens (tertiary/aromatic N) is 2. The lowest BCUT2D eigenvalue weighted by Gasteiger charge is -2.42. The average Bonchev–Trinajstić information content (AvgIpc) is 2.69. The molecule has 3 heteroatoms. The molecule has 1 aromatic heterocycles. The van der Waals surface area contributed by atoms with Gasteiger partial charge in [0, 0.05) is 25.9 Å². The van der Waals surface area contributed by atoms with Crippen LogP contribution in [0, 0.1) is 11.8 Å². The van der Waals surface area contributed by atoms with Gasteiger partial charge < -0.3 is 9.67 Å². The predicted octanol–water partition coefficient (Wildman–Crippen LogP) is 2.54. The van der Waals surface area contributed by atoms with Crippen molar-refractivity contribution in [3.05, 3.63) is 18.2 Å². The number of aromatic nitrogens is 2. The highest BCUT2D eigenvalue weighted by Crippen LogP contribution is 2.40. The Balaban J connectivity index is 1.99. The Morgan fingerprint density at radius 2 is 2.29 bits per heavy atom. The van der Waals surface area contributed by atoms with Gasteiger partial charge in [-0.1, -0.05) is 26.7 Å². The fourth-order valence-corrected chi connectivity index (χ4v) is 3.06. The number of aliphatic hydroxyl groups is 1. The molecule has 2 rings (SSSR count). The van der Waals surface area contributed by atoms with Crippen molar-refractivity contribution < 1.29 is 5.11 Å². The number of aryl methyl sites for hydroxylation is 2. The topological polar surface area (TPSA) is 38.1 Å². The summed E-state index contributed by atoms with van der Waals surface area (Å²) in [4.78, 5) is 4.33. The molecule has 0 spiro atoms. The van der Waals surface area contributed by atoms with E-state index in [0.29, 0.717) is 11.8 Å². The van der Waals surface area contributed by atoms with Gasteiger partial charge >= 0.3 is 0 Å². The SMILES string of the molecule is CC1CCCC(O)(CCc2nccn2C)C1C. The zero-order chi connectivity index (χ0) is 12.5. The van der Waals surface area contributed by atoms with E-state index in [2.05, 4.69) is 18.8 Å². The molecule has 1 aliphatic rings. The Hall–Kier alpha value is -0.830. The Kier molecular flexibility index (Phi) is 3.57. The van der Waals surface area contributed by atoms with Gasteiger partial charge in [0.05, 0.1) is 5.60 Å². The van der Waals surface area contributed by atoms with Crippen LogP contribution in [-0.4, -0.2) is 20.3 Å². The van der Waals surface area contributed by atoms with E-state index in [1.807, 2.05) is 24.0 Å². The molecule has 17 heavy (non-hydrogen) atoms. The lowest BCUT2D eigenvalue weighted by molar-refractivity contribution is -0.0688. The number of imidazole rings is 1. The van der Waals surface area contributed by atoms with Gasteiger partial charge in [0.25, 0.3) is 0 Å². The van der Waals surface area contributed by atoms with Crippen molar-refractivity contribution in [2.45, 2.75) is 51.6 Å². The van der Waals surface area contributed by atoms with E-state index in [0.717, 1.165) is 31.5 Å². The molecule has 0 aliphatic heterocycles. The molecule has 0 aromatic carbocycles. The first kappa shape index (κ1) is 12.6. The van der Waals surface area contributed by atoms with Crippen LogP contribution < -0.4 is 0 Å². The summed E-state index contributed by atoms with van der Waals surface area (Å²) in [5.74, 6) is 2.11. The molecule has 1 heterocycles. The van der Waals surface area contributed by atoms with Crippen molar-refractivity contribution in [3.8, 4) is 0 Å². The van der Waals surface area contributed by atoms with Crippen LogP contribution >= 0.6 is 0 Å². The zero-order valence-corrected chi connectivity index (χ0v) is 11.2. The maximum atomic E-state index is 10.8. The third kappa shape index (κ3) is 2.54. The molecule has 1 aliphatic carbocycles. The normalized spacial score (nSPS) is 33.9. The molecule has 1 aromatic rings. The fraction of sp³-hybridized carbons (Fsp3) is 0.786. The Labute approximate surface area is 104 Å². The maximum Gasteiger partial charge on any atom is 0.108 e. The largest absolute Gasteiger partial charge is 0.390 e. The highest BCUT2D eigenvalue weighted by atomic mass is 16.3. The summed E-state index contributed by atoms with van der Waals surface area (Å²) in [6.45, 7) is 4.46. The van der Waals surface area contributed by atoms with Crippen molar-refractivity contribution in [1.29, 1.82) is 0 Å². The Morgan fingerprint density at radius 3 is 2.94 bits per heavy atom. The van der Waals surface area contributed by atoms with Gasteiger partial charge in [0.2, 0.25) is 0 Å². The van der Waals surface area contributed by atoms with E-state index in [-0.39, 0.29) is 0 Å². The first-order chi connectivity index (χ1) is 8.03. The summed E-state index contributed by atoms with van der Waals surface area (Å²) in [5, 5.41) is 10.8. The highest BCUT2D eigenvalue weighted by molar-refractivity contribution is 4.97. The second-order valence-electron chi connectivity index (χ2n) is 5.72. The van der Waals surface area contributed by atoms with Crippen LogP contribution in [0.1, 0.15) is 45.4 Å². The molecule has 1 fully saturated rings. The van der Waals surface area contributed by atoms with E-state index in [4.69, 9.17) is 0 Å². The van der Waals surface area contributed by atoms with E-state index in [1.165, 1.54) is 6.42 Å². The molecule has 0 bridgehead atoms. The summed E-state index contributed by atoms with van der Waals surface area (Å²) >= 11 is 0. The van der Waals surface area contributed by atoms with Crippen LogP contribution in [-0.2, 0) is 13.5 Å². The Bertz CT molecular complexity index is 374. The van der Waals surface area contributed by atoms with Gasteiger partial charge in [-0.2, -0.15) is 0 Å². The van der Waals surface area contributed by atoms with Crippen LogP contribution in [0.3, 0.4) is 0 Å². The fourth-order valence-electron chi connectivity index (χ4n) is 3.06. The van der Waals surface area contributed by atoms with Gasteiger partial charge in [0.1, 0.15) is 5.82 Å². The van der Waals surface area contributed by atoms with Crippen molar-refractivity contribution in [1.82, 2.24) is 9.55 Å². The monoisotopic (exact) mass is 236 g/mol. The molecular formula is C14H24N2O. The summed E-state index contributed by atoms with van der Waals surface area (Å²) in [5.41, 5.74) is -0.483. The zero-order valence-electron chi connectivity index (χ0n) is 11.2. The molecule has 3 unspecified atom stereocenters. The van der Waals surface area contributed by atoms with Gasteiger partial charge in [-0.05, 0) is 24.7 Å². The van der Waals surface area contributed by atoms with Gasteiger partial charge in [-0.3, -0.25) is 0 Å². The predicted molar refractivity (Wildman–Crippen MR) is 68.7 cm³/mol. The van der Waals surface area contributed by atoms with Crippen LogP contribution in [0.15, 0.2) is 12.4 Å². The lowest BCUT2D eigenvalue weighted by Crippen LogP contribution is -2.43. The van der Waals surface area contributed by atoms with Gasteiger partial charge in [-0.25, -0.2) is 4.98 Å². The van der Waals surface area contributed by atoms with Crippen LogP contribution in [0.2, 0.25) is 0 Å². The third-order valence-electron chi connectivity index (χ3n) is 4.67. The van der Waals surface area contributed by atoms with Crippen molar-refractivity contribution >= 4 is 0 Å². The van der Waals surface area contributed by atoms with Crippen molar-refractivity contribution in [2.24, 2.45) is 18.9 Å². The van der Waals surface area contributed by atoms with Gasteiger partial charge in [0.15, 0.2) is 0 Å². The second-order valence-corrected chi connectivity index (χ2v) is 5.72. The molecule has 96 valence electrons. The molecular weight excluding hydrogens is 212 g/mol. The first-order valence-corrected chi connectivity index (χ1v) is 6.71. The number of rotatable bonds is 3. The lowest BCUT2D eigenvalue weighted by atomic mass is 9.69. The van der Waals surface area contributed by atoms with Crippen LogP contribution in [0.5, 0.6) is 0 Å². The molecule has 3 atom stereocenters. The molecule has 0 saturated heterocycles. The average molecular weight is 236 g/mol. The first-order valence-electron chi connectivity index (χ1n) is 6.71. The highest BCUT2D eigenvalue weighted by Gasteiger charge is 2.39. The minimum Gasteiger partial charge on any atom is -0.390 e. The summed E-state index contributed by atoms with van der Waals surface area (Å²) in [6, 6.07) is 0. The van der Waals surface area contributed by atoms with Crippen LogP contribution in [0.25, 0.3) is 0 Å².